The van der Waals surface area contributed by atoms with Crippen LogP contribution in [-0.4, -0.2) is 24.2 Å². The Balaban J connectivity index is 1.71. The molecule has 0 aliphatic carbocycles. The maximum Gasteiger partial charge on any atom is 0.179 e. The minimum absolute atomic E-state index is 0.420. The number of nitrogens with zero attached hydrogens (tertiary/aromatic N) is 3. The highest BCUT2D eigenvalue weighted by Gasteiger charge is 2.23. The van der Waals surface area contributed by atoms with Gasteiger partial charge in [0.25, 0.3) is 0 Å². The monoisotopic (exact) mass is 344 g/mol. The molecule has 2 aliphatic rings. The number of hydrogen-bond acceptors (Lipinski definition) is 5. The summed E-state index contributed by atoms with van der Waals surface area (Å²) in [6.45, 7) is 2.89. The molecule has 0 amide bonds. The quantitative estimate of drug-likeness (QED) is 0.861. The molecule has 5 nitrogen and oxygen atoms in total. The van der Waals surface area contributed by atoms with Gasteiger partial charge in [0.15, 0.2) is 6.19 Å². The minimum Gasteiger partial charge on any atom is -0.382 e. The average Bonchev–Trinajstić information content (AvgIpc) is 3.11. The third-order valence-corrected chi connectivity index (χ3v) is 5.11. The van der Waals surface area contributed by atoms with E-state index in [4.69, 9.17) is 10.00 Å². The summed E-state index contributed by atoms with van der Waals surface area (Å²) < 4.78 is 5.45. The van der Waals surface area contributed by atoms with Gasteiger partial charge in [-0.15, -0.1) is 0 Å². The zero-order valence-electron chi connectivity index (χ0n) is 14.5. The van der Waals surface area contributed by atoms with Crippen molar-refractivity contribution in [3.05, 3.63) is 53.1 Å². The largest absolute Gasteiger partial charge is 0.382 e. The van der Waals surface area contributed by atoms with Gasteiger partial charge in [-0.25, -0.2) is 0 Å². The number of benzene rings is 2. The minimum atomic E-state index is 0.420. The SMILES string of the molecule is N#Cc1ccc(-c2cc(NC3CCOCC3)cc3c2CN(C#N)C3)cc1. The van der Waals surface area contributed by atoms with E-state index in [0.29, 0.717) is 24.7 Å². The molecule has 1 N–H and O–H groups in total. The molecule has 0 atom stereocenters. The van der Waals surface area contributed by atoms with Crippen molar-refractivity contribution in [2.24, 2.45) is 0 Å². The van der Waals surface area contributed by atoms with Crippen molar-refractivity contribution in [1.29, 1.82) is 10.5 Å². The van der Waals surface area contributed by atoms with E-state index in [-0.39, 0.29) is 0 Å². The molecule has 1 fully saturated rings. The Bertz CT molecular complexity index is 886. The third-order valence-electron chi connectivity index (χ3n) is 5.11. The first-order chi connectivity index (χ1) is 12.8. The van der Waals surface area contributed by atoms with Crippen LogP contribution >= 0.6 is 0 Å². The number of rotatable bonds is 3. The van der Waals surface area contributed by atoms with Crippen molar-refractivity contribution in [3.8, 4) is 23.4 Å². The molecule has 0 spiro atoms. The molecule has 0 saturated carbocycles. The molecule has 2 heterocycles. The third kappa shape index (κ3) is 3.22. The molecular weight excluding hydrogens is 324 g/mol. The van der Waals surface area contributed by atoms with Gasteiger partial charge < -0.3 is 15.0 Å². The van der Waals surface area contributed by atoms with Crippen molar-refractivity contribution < 1.29 is 4.74 Å². The Kier molecular flexibility index (Phi) is 4.48. The summed E-state index contributed by atoms with van der Waals surface area (Å²) in [6, 6.07) is 14.6. The Hall–Kier alpha value is -3.02. The van der Waals surface area contributed by atoms with E-state index >= 15 is 0 Å². The Labute approximate surface area is 153 Å². The highest BCUT2D eigenvalue weighted by Crippen LogP contribution is 2.36. The standard InChI is InChI=1S/C21H20N4O/c22-11-15-1-3-16(4-2-15)20-10-19(24-18-5-7-26-8-6-18)9-17-12-25(14-23)13-21(17)20/h1-4,9-10,18,24H,5-8,12-13H2. The molecule has 0 aromatic heterocycles. The van der Waals surface area contributed by atoms with Gasteiger partial charge in [-0.2, -0.15) is 10.5 Å². The average molecular weight is 344 g/mol. The summed E-state index contributed by atoms with van der Waals surface area (Å²) >= 11 is 0. The molecule has 4 rings (SSSR count). The van der Waals surface area contributed by atoms with Gasteiger partial charge in [-0.3, -0.25) is 0 Å². The summed E-state index contributed by atoms with van der Waals surface area (Å²) in [7, 11) is 0. The van der Waals surface area contributed by atoms with Crippen LogP contribution in [0.4, 0.5) is 5.69 Å². The smallest absolute Gasteiger partial charge is 0.179 e. The number of hydrogen-bond donors (Lipinski definition) is 1. The van der Waals surface area contributed by atoms with E-state index in [9.17, 15) is 5.26 Å². The zero-order chi connectivity index (χ0) is 17.9. The fourth-order valence-electron chi connectivity index (χ4n) is 3.73. The maximum atomic E-state index is 9.31. The van der Waals surface area contributed by atoms with Crippen LogP contribution < -0.4 is 5.32 Å². The topological polar surface area (TPSA) is 72.1 Å². The molecule has 2 aliphatic heterocycles. The van der Waals surface area contributed by atoms with E-state index in [2.05, 4.69) is 29.7 Å². The molecular formula is C21H20N4O. The summed E-state index contributed by atoms with van der Waals surface area (Å²) in [5.41, 5.74) is 6.36. The highest BCUT2D eigenvalue weighted by molar-refractivity contribution is 5.74. The Morgan fingerprint density at radius 1 is 1.04 bits per heavy atom. The fraction of sp³-hybridized carbons (Fsp3) is 0.333. The lowest BCUT2D eigenvalue weighted by Gasteiger charge is -2.25. The summed E-state index contributed by atoms with van der Waals surface area (Å²) in [6.07, 6.45) is 4.28. The van der Waals surface area contributed by atoms with Crippen LogP contribution in [0.15, 0.2) is 36.4 Å². The summed E-state index contributed by atoms with van der Waals surface area (Å²) in [5.74, 6) is 0. The Morgan fingerprint density at radius 2 is 1.81 bits per heavy atom. The van der Waals surface area contributed by atoms with Crippen molar-refractivity contribution in [2.45, 2.75) is 32.0 Å². The lowest BCUT2D eigenvalue weighted by atomic mass is 9.95. The second-order valence-electron chi connectivity index (χ2n) is 6.84. The van der Waals surface area contributed by atoms with Crippen LogP contribution in [0.3, 0.4) is 0 Å². The van der Waals surface area contributed by atoms with Crippen molar-refractivity contribution >= 4 is 5.69 Å². The first-order valence-electron chi connectivity index (χ1n) is 8.92. The van der Waals surface area contributed by atoms with Crippen molar-refractivity contribution in [1.82, 2.24) is 4.90 Å². The maximum absolute atomic E-state index is 9.31. The number of fused-ring (bicyclic) bond motifs is 1. The Morgan fingerprint density at radius 3 is 2.50 bits per heavy atom. The van der Waals surface area contributed by atoms with Gasteiger partial charge >= 0.3 is 0 Å². The predicted molar refractivity (Wildman–Crippen MR) is 98.9 cm³/mol. The van der Waals surface area contributed by atoms with Crippen LogP contribution in [0, 0.1) is 22.8 Å². The molecule has 5 heteroatoms. The molecule has 1 saturated heterocycles. The van der Waals surface area contributed by atoms with Gasteiger partial charge in [-0.1, -0.05) is 12.1 Å². The van der Waals surface area contributed by atoms with Crippen LogP contribution in [-0.2, 0) is 17.8 Å². The zero-order valence-corrected chi connectivity index (χ0v) is 14.5. The molecule has 2 aromatic carbocycles. The van der Waals surface area contributed by atoms with Gasteiger partial charge in [0, 0.05) is 24.9 Å². The van der Waals surface area contributed by atoms with Gasteiger partial charge in [-0.05, 0) is 59.4 Å². The summed E-state index contributed by atoms with van der Waals surface area (Å²) in [4.78, 5) is 1.77. The number of nitrogens with one attached hydrogen (secondary N) is 1. The molecule has 2 aromatic rings. The number of ether oxygens (including phenoxy) is 1. The van der Waals surface area contributed by atoms with Crippen LogP contribution in [0.25, 0.3) is 11.1 Å². The van der Waals surface area contributed by atoms with Gasteiger partial charge in [0.2, 0.25) is 0 Å². The lowest BCUT2D eigenvalue weighted by Crippen LogP contribution is -2.27. The van der Waals surface area contributed by atoms with Crippen LogP contribution in [0.2, 0.25) is 0 Å². The molecule has 0 bridgehead atoms. The molecule has 0 radical (unpaired) electrons. The fourth-order valence-corrected chi connectivity index (χ4v) is 3.73. The van der Waals surface area contributed by atoms with Gasteiger partial charge in [0.05, 0.1) is 24.7 Å². The van der Waals surface area contributed by atoms with Gasteiger partial charge in [0.1, 0.15) is 0 Å². The van der Waals surface area contributed by atoms with Crippen molar-refractivity contribution in [3.63, 3.8) is 0 Å². The second-order valence-corrected chi connectivity index (χ2v) is 6.84. The normalized spacial score (nSPS) is 16.6. The van der Waals surface area contributed by atoms with Crippen LogP contribution in [0.1, 0.15) is 29.5 Å². The van der Waals surface area contributed by atoms with E-state index in [0.717, 1.165) is 42.9 Å². The molecule has 0 unspecified atom stereocenters. The first kappa shape index (κ1) is 16.4. The predicted octanol–water partition coefficient (Wildman–Crippen LogP) is 3.61. The molecule has 26 heavy (non-hydrogen) atoms. The lowest BCUT2D eigenvalue weighted by molar-refractivity contribution is 0.0904. The van der Waals surface area contributed by atoms with E-state index < -0.39 is 0 Å². The van der Waals surface area contributed by atoms with Crippen LogP contribution in [0.5, 0.6) is 0 Å². The first-order valence-corrected chi connectivity index (χ1v) is 8.92. The molecule has 130 valence electrons. The number of anilines is 1. The number of nitriles is 2. The highest BCUT2D eigenvalue weighted by atomic mass is 16.5. The van der Waals surface area contributed by atoms with E-state index in [1.54, 1.807) is 4.90 Å². The summed E-state index contributed by atoms with van der Waals surface area (Å²) in [5, 5.41) is 22.0. The van der Waals surface area contributed by atoms with Crippen molar-refractivity contribution in [2.75, 3.05) is 18.5 Å². The second kappa shape index (κ2) is 7.07. The van der Waals surface area contributed by atoms with E-state index in [1.807, 2.05) is 24.3 Å². The van der Waals surface area contributed by atoms with E-state index in [1.165, 1.54) is 11.1 Å².